The number of hydrogen-bond acceptors (Lipinski definition) is 6. The summed E-state index contributed by atoms with van der Waals surface area (Å²) in [7, 11) is 0. The fourth-order valence-electron chi connectivity index (χ4n) is 8.56. The molecule has 10 heteroatoms. The number of amides is 1. The van der Waals surface area contributed by atoms with Crippen LogP contribution in [0.15, 0.2) is 43.0 Å². The summed E-state index contributed by atoms with van der Waals surface area (Å²) in [4.78, 5) is 32.1. The molecule has 3 aliphatic heterocycles. The van der Waals surface area contributed by atoms with Crippen LogP contribution < -0.4 is 9.64 Å². The van der Waals surface area contributed by atoms with Crippen LogP contribution in [0.2, 0.25) is 5.02 Å². The number of alkyl halides is 1. The standard InChI is InChI=1S/C35H36ClFN6O2/c1-3-31(44)43-11-10-41(19-24(43)17-38-2)33-28-14-29(36)27(25-7-4-6-21-12-22-13-26(22)32(21)25)15-30(28)39-34(40-33)45-20-35-8-5-9-42(35)18-23(37)16-35/h3-4,6-7,14-15,22-24,26H,1,5,8-13,16-20H2/t22?,23-,24+,26?,35?/m1/s1. The van der Waals surface area contributed by atoms with Gasteiger partial charge in [0.05, 0.1) is 11.1 Å². The van der Waals surface area contributed by atoms with E-state index in [1.807, 2.05) is 6.07 Å². The SMILES string of the molecule is [C-]#[N+]C[C@H]1CN(c2nc(OCC34CCCN3C[C@H](F)C4)nc3cc(-c4cccc5c4C4CC4C5)c(Cl)cc23)CCN1C(=O)C=C. The third kappa shape index (κ3) is 4.85. The van der Waals surface area contributed by atoms with Crippen molar-refractivity contribution in [1.82, 2.24) is 19.8 Å². The van der Waals surface area contributed by atoms with Gasteiger partial charge >= 0.3 is 6.01 Å². The summed E-state index contributed by atoms with van der Waals surface area (Å²) < 4.78 is 20.9. The Morgan fingerprint density at radius 2 is 2.11 bits per heavy atom. The maximum Gasteiger partial charge on any atom is 0.319 e. The topological polar surface area (TPSA) is 66.2 Å². The van der Waals surface area contributed by atoms with Crippen molar-refractivity contribution >= 4 is 34.2 Å². The molecule has 8 rings (SSSR count). The minimum Gasteiger partial charge on any atom is -0.461 e. The van der Waals surface area contributed by atoms with Gasteiger partial charge in [-0.3, -0.25) is 9.69 Å². The van der Waals surface area contributed by atoms with E-state index in [2.05, 4.69) is 45.5 Å². The number of ether oxygens (including phenoxy) is 1. The van der Waals surface area contributed by atoms with Crippen LogP contribution in [0.25, 0.3) is 26.9 Å². The first kappa shape index (κ1) is 28.7. The fourth-order valence-corrected chi connectivity index (χ4v) is 8.83. The second-order valence-electron chi connectivity index (χ2n) is 13.4. The number of rotatable bonds is 7. The zero-order chi connectivity index (χ0) is 30.9. The highest BCUT2D eigenvalue weighted by molar-refractivity contribution is 6.34. The number of aromatic nitrogens is 2. The third-order valence-corrected chi connectivity index (χ3v) is 11.1. The lowest BCUT2D eigenvalue weighted by molar-refractivity contribution is -0.128. The first-order valence-corrected chi connectivity index (χ1v) is 16.4. The Hall–Kier alpha value is -3.74. The van der Waals surface area contributed by atoms with E-state index in [1.165, 1.54) is 29.2 Å². The van der Waals surface area contributed by atoms with Crippen LogP contribution in [0.3, 0.4) is 0 Å². The first-order valence-electron chi connectivity index (χ1n) is 16.0. The maximum absolute atomic E-state index is 14.5. The molecule has 3 unspecified atom stereocenters. The Kier molecular flexibility index (Phi) is 6.99. The molecule has 0 radical (unpaired) electrons. The van der Waals surface area contributed by atoms with Crippen LogP contribution in [-0.4, -0.2) is 89.3 Å². The number of piperazine rings is 1. The molecule has 4 heterocycles. The van der Waals surface area contributed by atoms with Crippen molar-refractivity contribution in [2.24, 2.45) is 5.92 Å². The van der Waals surface area contributed by atoms with Crippen molar-refractivity contribution in [3.8, 4) is 17.1 Å². The summed E-state index contributed by atoms with van der Waals surface area (Å²) >= 11 is 7.08. The van der Waals surface area contributed by atoms with E-state index in [4.69, 9.17) is 32.9 Å². The molecule has 232 valence electrons. The molecular formula is C35H36ClFN6O2. The summed E-state index contributed by atoms with van der Waals surface area (Å²) in [5.41, 5.74) is 5.35. The van der Waals surface area contributed by atoms with Crippen LogP contribution in [0.1, 0.15) is 42.7 Å². The summed E-state index contributed by atoms with van der Waals surface area (Å²) in [5, 5.41) is 1.43. The number of anilines is 1. The van der Waals surface area contributed by atoms with E-state index in [1.54, 1.807) is 4.90 Å². The highest BCUT2D eigenvalue weighted by Crippen LogP contribution is 2.59. The molecular weight excluding hydrogens is 591 g/mol. The summed E-state index contributed by atoms with van der Waals surface area (Å²) in [5.74, 6) is 1.85. The quantitative estimate of drug-likeness (QED) is 0.248. The van der Waals surface area contributed by atoms with Gasteiger partial charge in [0.25, 0.3) is 0 Å². The third-order valence-electron chi connectivity index (χ3n) is 10.8. The number of hydrogen-bond donors (Lipinski definition) is 0. The van der Waals surface area contributed by atoms with Gasteiger partial charge in [-0.15, -0.1) is 0 Å². The first-order chi connectivity index (χ1) is 21.9. The zero-order valence-corrected chi connectivity index (χ0v) is 26.0. The molecule has 8 nitrogen and oxygen atoms in total. The number of carbonyl (C=O) groups excluding carboxylic acids is 1. The molecule has 1 saturated carbocycles. The predicted octanol–water partition coefficient (Wildman–Crippen LogP) is 5.69. The molecule has 5 atom stereocenters. The van der Waals surface area contributed by atoms with Crippen molar-refractivity contribution < 1.29 is 13.9 Å². The number of fused-ring (bicyclic) bond motifs is 5. The normalized spacial score (nSPS) is 28.5. The van der Waals surface area contributed by atoms with Crippen LogP contribution in [-0.2, 0) is 11.2 Å². The molecule has 3 aromatic rings. The lowest BCUT2D eigenvalue weighted by atomic mass is 9.93. The largest absolute Gasteiger partial charge is 0.461 e. The van der Waals surface area contributed by atoms with Gasteiger partial charge < -0.3 is 19.4 Å². The van der Waals surface area contributed by atoms with E-state index < -0.39 is 6.17 Å². The lowest BCUT2D eigenvalue weighted by Gasteiger charge is -2.39. The van der Waals surface area contributed by atoms with Gasteiger partial charge in [0.15, 0.2) is 0 Å². The Bertz CT molecular complexity index is 1760. The van der Waals surface area contributed by atoms with Gasteiger partial charge in [0.2, 0.25) is 12.5 Å². The second kappa shape index (κ2) is 11.0. The average Bonchev–Trinajstić information content (AvgIpc) is 3.36. The monoisotopic (exact) mass is 626 g/mol. The number of benzene rings is 2. The molecule has 4 fully saturated rings. The Balaban J connectivity index is 1.20. The van der Waals surface area contributed by atoms with E-state index in [0.29, 0.717) is 56.0 Å². The van der Waals surface area contributed by atoms with E-state index >= 15 is 0 Å². The molecule has 0 N–H and O–H groups in total. The van der Waals surface area contributed by atoms with E-state index in [0.717, 1.165) is 48.2 Å². The van der Waals surface area contributed by atoms with Crippen LogP contribution in [0.5, 0.6) is 6.01 Å². The van der Waals surface area contributed by atoms with Crippen molar-refractivity contribution in [3.63, 3.8) is 0 Å². The van der Waals surface area contributed by atoms with Crippen LogP contribution >= 0.6 is 11.6 Å². The fraction of sp³-hybridized carbons (Fsp3) is 0.486. The van der Waals surface area contributed by atoms with Gasteiger partial charge in [0.1, 0.15) is 24.6 Å². The predicted molar refractivity (Wildman–Crippen MR) is 172 cm³/mol. The molecule has 2 aromatic carbocycles. The molecule has 2 aliphatic carbocycles. The Morgan fingerprint density at radius 3 is 2.96 bits per heavy atom. The zero-order valence-electron chi connectivity index (χ0n) is 25.2. The van der Waals surface area contributed by atoms with Gasteiger partial charge in [-0.25, -0.2) is 11.0 Å². The lowest BCUT2D eigenvalue weighted by Crippen LogP contribution is -2.56. The molecule has 5 aliphatic rings. The smallest absolute Gasteiger partial charge is 0.319 e. The van der Waals surface area contributed by atoms with Gasteiger partial charge in [0, 0.05) is 48.6 Å². The minimum absolute atomic E-state index is 0.177. The molecule has 1 amide bonds. The van der Waals surface area contributed by atoms with Crippen molar-refractivity contribution in [3.05, 3.63) is 70.6 Å². The highest BCUT2D eigenvalue weighted by Gasteiger charge is 2.49. The molecule has 45 heavy (non-hydrogen) atoms. The van der Waals surface area contributed by atoms with Crippen molar-refractivity contribution in [2.75, 3.05) is 50.8 Å². The van der Waals surface area contributed by atoms with Crippen LogP contribution in [0.4, 0.5) is 10.2 Å². The van der Waals surface area contributed by atoms with Gasteiger partial charge in [-0.05, 0) is 79.0 Å². The summed E-state index contributed by atoms with van der Waals surface area (Å²) in [6.45, 7) is 14.4. The highest BCUT2D eigenvalue weighted by atomic mass is 35.5. The number of nitrogens with zero attached hydrogens (tertiary/aromatic N) is 6. The van der Waals surface area contributed by atoms with Crippen LogP contribution in [0, 0.1) is 12.5 Å². The maximum atomic E-state index is 14.5. The summed E-state index contributed by atoms with van der Waals surface area (Å²) in [6, 6.07) is 10.5. The molecule has 0 bridgehead atoms. The summed E-state index contributed by atoms with van der Waals surface area (Å²) in [6.07, 6.45) is 5.22. The number of halogens is 2. The van der Waals surface area contributed by atoms with Crippen molar-refractivity contribution in [2.45, 2.75) is 55.8 Å². The number of carbonyl (C=O) groups is 1. The average molecular weight is 627 g/mol. The second-order valence-corrected chi connectivity index (χ2v) is 13.8. The van der Waals surface area contributed by atoms with E-state index in [9.17, 15) is 9.18 Å². The molecule has 1 aromatic heterocycles. The molecule has 3 saturated heterocycles. The van der Waals surface area contributed by atoms with Gasteiger partial charge in [-0.2, -0.15) is 9.97 Å². The van der Waals surface area contributed by atoms with Crippen molar-refractivity contribution in [1.29, 1.82) is 0 Å². The Morgan fingerprint density at radius 1 is 1.22 bits per heavy atom. The van der Waals surface area contributed by atoms with E-state index in [-0.39, 0.29) is 30.0 Å². The Labute approximate surface area is 267 Å². The minimum atomic E-state index is -0.848. The van der Waals surface area contributed by atoms with Gasteiger partial charge in [-0.1, -0.05) is 36.4 Å². The molecule has 0 spiro atoms.